The van der Waals surface area contributed by atoms with E-state index in [1.54, 1.807) is 13.8 Å². The molecule has 1 rings (SSSR count). The van der Waals surface area contributed by atoms with E-state index >= 15 is 0 Å². The van der Waals surface area contributed by atoms with Gasteiger partial charge in [-0.3, -0.25) is 9.59 Å². The third-order valence-electron chi connectivity index (χ3n) is 2.02. The highest BCUT2D eigenvalue weighted by Crippen LogP contribution is 2.25. The first-order valence-corrected chi connectivity index (χ1v) is 6.51. The Morgan fingerprint density at radius 1 is 1.28 bits per heavy atom. The highest BCUT2D eigenvalue weighted by Gasteiger charge is 2.23. The number of benzene rings is 1. The molecule has 0 aliphatic heterocycles. The fourth-order valence-electron chi connectivity index (χ4n) is 1.31. The molecule has 0 spiro atoms. The summed E-state index contributed by atoms with van der Waals surface area (Å²) in [5.74, 6) is -1.50. The molecule has 0 aliphatic rings. The SMILES string of the molecule is CC(C)OC(=O)CC(Sc1ccccc1)C(=O)O. The van der Waals surface area contributed by atoms with Crippen molar-refractivity contribution >= 4 is 23.7 Å². The molecule has 0 radical (unpaired) electrons. The minimum atomic E-state index is -1.01. The first kappa shape index (κ1) is 14.6. The molecule has 0 heterocycles. The van der Waals surface area contributed by atoms with Gasteiger partial charge in [-0.2, -0.15) is 0 Å². The quantitative estimate of drug-likeness (QED) is 0.634. The summed E-state index contributed by atoms with van der Waals surface area (Å²) < 4.78 is 4.95. The Hall–Kier alpha value is -1.49. The van der Waals surface area contributed by atoms with Gasteiger partial charge in [0.15, 0.2) is 0 Å². The third kappa shape index (κ3) is 5.23. The van der Waals surface area contributed by atoms with Gasteiger partial charge >= 0.3 is 11.9 Å². The first-order valence-electron chi connectivity index (χ1n) is 5.63. The van der Waals surface area contributed by atoms with Crippen molar-refractivity contribution in [2.75, 3.05) is 0 Å². The van der Waals surface area contributed by atoms with Gasteiger partial charge in [-0.1, -0.05) is 18.2 Å². The number of ether oxygens (including phenoxy) is 1. The fraction of sp³-hybridized carbons (Fsp3) is 0.385. The van der Waals surface area contributed by atoms with Crippen molar-refractivity contribution in [3.05, 3.63) is 30.3 Å². The van der Waals surface area contributed by atoms with Gasteiger partial charge in [0.1, 0.15) is 5.25 Å². The summed E-state index contributed by atoms with van der Waals surface area (Å²) in [7, 11) is 0. The van der Waals surface area contributed by atoms with Crippen LogP contribution in [-0.4, -0.2) is 28.4 Å². The summed E-state index contributed by atoms with van der Waals surface area (Å²) in [6.07, 6.45) is -0.360. The van der Waals surface area contributed by atoms with Crippen molar-refractivity contribution in [1.29, 1.82) is 0 Å². The summed E-state index contributed by atoms with van der Waals surface area (Å²) >= 11 is 1.15. The van der Waals surface area contributed by atoms with E-state index in [4.69, 9.17) is 9.84 Å². The van der Waals surface area contributed by atoms with Crippen LogP contribution in [0.1, 0.15) is 20.3 Å². The van der Waals surface area contributed by atoms with Gasteiger partial charge < -0.3 is 9.84 Å². The van der Waals surface area contributed by atoms with E-state index in [1.807, 2.05) is 30.3 Å². The number of carboxylic acids is 1. The van der Waals surface area contributed by atoms with E-state index in [0.29, 0.717) is 0 Å². The first-order chi connectivity index (χ1) is 8.49. The lowest BCUT2D eigenvalue weighted by Gasteiger charge is -2.13. The van der Waals surface area contributed by atoms with Gasteiger partial charge in [-0.05, 0) is 26.0 Å². The van der Waals surface area contributed by atoms with Gasteiger partial charge in [0.05, 0.1) is 12.5 Å². The number of rotatable bonds is 6. The predicted octanol–water partition coefficient (Wildman–Crippen LogP) is 2.57. The van der Waals surface area contributed by atoms with Crippen LogP contribution in [0.2, 0.25) is 0 Å². The molecule has 1 unspecified atom stereocenters. The zero-order valence-electron chi connectivity index (χ0n) is 10.3. The maximum atomic E-state index is 11.5. The summed E-state index contributed by atoms with van der Waals surface area (Å²) in [4.78, 5) is 23.4. The molecule has 0 fully saturated rings. The van der Waals surface area contributed by atoms with Crippen LogP contribution < -0.4 is 0 Å². The second-order valence-electron chi connectivity index (χ2n) is 4.00. The van der Waals surface area contributed by atoms with Gasteiger partial charge in [0.2, 0.25) is 0 Å². The van der Waals surface area contributed by atoms with Crippen LogP contribution in [0.5, 0.6) is 0 Å². The highest BCUT2D eigenvalue weighted by atomic mass is 32.2. The predicted molar refractivity (Wildman–Crippen MR) is 69.6 cm³/mol. The summed E-state index contributed by atoms with van der Waals surface area (Å²) in [5, 5.41) is 8.27. The number of carbonyl (C=O) groups excluding carboxylic acids is 1. The van der Waals surface area contributed by atoms with Crippen LogP contribution >= 0.6 is 11.8 Å². The van der Waals surface area contributed by atoms with E-state index in [-0.39, 0.29) is 12.5 Å². The summed E-state index contributed by atoms with van der Waals surface area (Å²) in [6, 6.07) is 9.14. The Morgan fingerprint density at radius 3 is 2.39 bits per heavy atom. The van der Waals surface area contributed by atoms with E-state index in [0.717, 1.165) is 16.7 Å². The molecule has 0 saturated carbocycles. The minimum Gasteiger partial charge on any atom is -0.480 e. The van der Waals surface area contributed by atoms with Crippen molar-refractivity contribution in [2.24, 2.45) is 0 Å². The zero-order valence-corrected chi connectivity index (χ0v) is 11.1. The summed E-state index contributed by atoms with van der Waals surface area (Å²) in [6.45, 7) is 3.47. The lowest BCUT2D eigenvalue weighted by atomic mass is 10.3. The molecule has 0 bridgehead atoms. The second-order valence-corrected chi connectivity index (χ2v) is 5.28. The number of esters is 1. The van der Waals surface area contributed by atoms with Crippen molar-refractivity contribution < 1.29 is 19.4 Å². The van der Waals surface area contributed by atoms with Gasteiger partial charge in [-0.25, -0.2) is 0 Å². The number of carboxylic acid groups (broad SMARTS) is 1. The molecule has 1 N–H and O–H groups in total. The van der Waals surface area contributed by atoms with Crippen molar-refractivity contribution in [3.63, 3.8) is 0 Å². The monoisotopic (exact) mass is 268 g/mol. The normalized spacial score (nSPS) is 12.2. The molecule has 5 heteroatoms. The highest BCUT2D eigenvalue weighted by molar-refractivity contribution is 8.00. The Bertz CT molecular complexity index is 403. The molecule has 18 heavy (non-hydrogen) atoms. The number of carbonyl (C=O) groups is 2. The number of thioether (sulfide) groups is 1. The third-order valence-corrected chi connectivity index (χ3v) is 3.21. The molecule has 4 nitrogen and oxygen atoms in total. The van der Waals surface area contributed by atoms with E-state index < -0.39 is 17.2 Å². The van der Waals surface area contributed by atoms with Crippen LogP contribution in [0.25, 0.3) is 0 Å². The largest absolute Gasteiger partial charge is 0.480 e. The van der Waals surface area contributed by atoms with Crippen molar-refractivity contribution in [1.82, 2.24) is 0 Å². The van der Waals surface area contributed by atoms with Crippen LogP contribution in [0.3, 0.4) is 0 Å². The Balaban J connectivity index is 2.61. The molecule has 1 aromatic carbocycles. The molecule has 98 valence electrons. The molecule has 1 atom stereocenters. The standard InChI is InChI=1S/C13H16O4S/c1-9(2)17-12(14)8-11(13(15)16)18-10-6-4-3-5-7-10/h3-7,9,11H,8H2,1-2H3,(H,15,16). The number of hydrogen-bond donors (Lipinski definition) is 1. The van der Waals surface area contributed by atoms with Crippen LogP contribution in [-0.2, 0) is 14.3 Å². The molecule has 1 aromatic rings. The lowest BCUT2D eigenvalue weighted by Crippen LogP contribution is -2.23. The molecule has 0 amide bonds. The van der Waals surface area contributed by atoms with Crippen LogP contribution in [0.4, 0.5) is 0 Å². The fourth-order valence-corrected chi connectivity index (χ4v) is 2.27. The Morgan fingerprint density at radius 2 is 1.89 bits per heavy atom. The van der Waals surface area contributed by atoms with Gasteiger partial charge in [0.25, 0.3) is 0 Å². The molecule has 0 aliphatic carbocycles. The lowest BCUT2D eigenvalue weighted by molar-refractivity contribution is -0.150. The van der Waals surface area contributed by atoms with Crippen LogP contribution in [0.15, 0.2) is 35.2 Å². The molecule has 0 saturated heterocycles. The average molecular weight is 268 g/mol. The average Bonchev–Trinajstić information content (AvgIpc) is 2.28. The molecular formula is C13H16O4S. The van der Waals surface area contributed by atoms with Gasteiger partial charge in [0, 0.05) is 4.90 Å². The smallest absolute Gasteiger partial charge is 0.317 e. The van der Waals surface area contributed by atoms with E-state index in [9.17, 15) is 9.59 Å². The van der Waals surface area contributed by atoms with E-state index in [2.05, 4.69) is 0 Å². The maximum absolute atomic E-state index is 11.5. The zero-order chi connectivity index (χ0) is 13.5. The number of hydrogen-bond acceptors (Lipinski definition) is 4. The van der Waals surface area contributed by atoms with Gasteiger partial charge in [-0.15, -0.1) is 11.8 Å². The van der Waals surface area contributed by atoms with Crippen molar-refractivity contribution in [2.45, 2.75) is 36.5 Å². The summed E-state index contributed by atoms with van der Waals surface area (Å²) in [5.41, 5.74) is 0. The van der Waals surface area contributed by atoms with Crippen LogP contribution in [0, 0.1) is 0 Å². The van der Waals surface area contributed by atoms with Crippen molar-refractivity contribution in [3.8, 4) is 0 Å². The number of aliphatic carboxylic acids is 1. The Kier molecular flexibility index (Phi) is 5.71. The second kappa shape index (κ2) is 7.06. The maximum Gasteiger partial charge on any atom is 0.317 e. The molecular weight excluding hydrogens is 252 g/mol. The minimum absolute atomic E-state index is 0.132. The topological polar surface area (TPSA) is 63.6 Å². The molecule has 0 aromatic heterocycles. The van der Waals surface area contributed by atoms with E-state index in [1.165, 1.54) is 0 Å². The Labute approximate surface area is 110 Å².